The highest BCUT2D eigenvalue weighted by Gasteiger charge is 2.19. The molecule has 0 bridgehead atoms. The molecule has 0 saturated heterocycles. The van der Waals surface area contributed by atoms with Gasteiger partial charge in [-0.1, -0.05) is 37.3 Å². The molecule has 0 radical (unpaired) electrons. The predicted molar refractivity (Wildman–Crippen MR) is 125 cm³/mol. The molecule has 0 saturated carbocycles. The Morgan fingerprint density at radius 3 is 2.41 bits per heavy atom. The minimum absolute atomic E-state index is 0.0454. The monoisotopic (exact) mass is 450 g/mol. The number of hydrogen-bond acceptors (Lipinski definition) is 3. The fraction of sp³-hybridized carbons (Fsp3) is 0.160. The van der Waals surface area contributed by atoms with Gasteiger partial charge in [-0.05, 0) is 60.0 Å². The van der Waals surface area contributed by atoms with Crippen molar-refractivity contribution < 1.29 is 17.6 Å². The smallest absolute Gasteiger partial charge is 0.224 e. The SMILES string of the molecule is CCS(=O)(=O)c1ccccc1NC(=O)CCc1c(-c2ccc(F)cc2)[nH]c2ccccc12. The Labute approximate surface area is 186 Å². The maximum atomic E-state index is 13.4. The second-order valence-corrected chi connectivity index (χ2v) is 9.73. The molecule has 5 nitrogen and oxygen atoms in total. The minimum atomic E-state index is -3.46. The lowest BCUT2D eigenvalue weighted by Crippen LogP contribution is -2.16. The molecule has 0 unspecified atom stereocenters. The van der Waals surface area contributed by atoms with E-state index in [1.807, 2.05) is 24.3 Å². The van der Waals surface area contributed by atoms with E-state index in [0.29, 0.717) is 6.42 Å². The van der Waals surface area contributed by atoms with E-state index in [-0.39, 0.29) is 34.5 Å². The molecule has 164 valence electrons. The van der Waals surface area contributed by atoms with Gasteiger partial charge in [0.1, 0.15) is 5.82 Å². The van der Waals surface area contributed by atoms with E-state index in [4.69, 9.17) is 0 Å². The Hall–Kier alpha value is -3.45. The third-order valence-electron chi connectivity index (χ3n) is 5.42. The van der Waals surface area contributed by atoms with Crippen molar-refractivity contribution in [2.75, 3.05) is 11.1 Å². The van der Waals surface area contributed by atoms with Crippen molar-refractivity contribution >= 4 is 32.3 Å². The Morgan fingerprint density at radius 1 is 0.969 bits per heavy atom. The first-order chi connectivity index (χ1) is 15.4. The summed E-state index contributed by atoms with van der Waals surface area (Å²) in [7, 11) is -3.46. The number of H-pyrrole nitrogens is 1. The van der Waals surface area contributed by atoms with Gasteiger partial charge in [-0.3, -0.25) is 4.79 Å². The third-order valence-corrected chi connectivity index (χ3v) is 7.21. The minimum Gasteiger partial charge on any atom is -0.354 e. The number of para-hydroxylation sites is 2. The predicted octanol–water partition coefficient (Wildman–Crippen LogP) is 5.34. The van der Waals surface area contributed by atoms with Crippen LogP contribution in [0.25, 0.3) is 22.2 Å². The first-order valence-corrected chi connectivity index (χ1v) is 12.0. The number of anilines is 1. The highest BCUT2D eigenvalue weighted by molar-refractivity contribution is 7.91. The quantitative estimate of drug-likeness (QED) is 0.399. The summed E-state index contributed by atoms with van der Waals surface area (Å²) < 4.78 is 38.1. The lowest BCUT2D eigenvalue weighted by Gasteiger charge is -2.11. The highest BCUT2D eigenvalue weighted by Crippen LogP contribution is 2.31. The van der Waals surface area contributed by atoms with Crippen molar-refractivity contribution in [3.63, 3.8) is 0 Å². The Morgan fingerprint density at radius 2 is 1.66 bits per heavy atom. The third kappa shape index (κ3) is 4.43. The lowest BCUT2D eigenvalue weighted by molar-refractivity contribution is -0.116. The average molecular weight is 451 g/mol. The maximum absolute atomic E-state index is 13.4. The van der Waals surface area contributed by atoms with Crippen molar-refractivity contribution in [2.24, 2.45) is 0 Å². The molecular weight excluding hydrogens is 427 g/mol. The molecule has 0 aliphatic heterocycles. The molecule has 0 spiro atoms. The molecule has 7 heteroatoms. The van der Waals surface area contributed by atoms with Gasteiger partial charge in [0.2, 0.25) is 5.91 Å². The van der Waals surface area contributed by atoms with Crippen LogP contribution in [0.2, 0.25) is 0 Å². The van der Waals surface area contributed by atoms with Gasteiger partial charge in [0, 0.05) is 23.0 Å². The number of aromatic amines is 1. The molecule has 4 rings (SSSR count). The van der Waals surface area contributed by atoms with Gasteiger partial charge in [-0.2, -0.15) is 0 Å². The first-order valence-electron chi connectivity index (χ1n) is 10.4. The average Bonchev–Trinajstić information content (AvgIpc) is 3.17. The molecule has 2 N–H and O–H groups in total. The number of halogens is 1. The Bertz CT molecular complexity index is 1380. The molecule has 0 atom stereocenters. The second kappa shape index (κ2) is 8.96. The van der Waals surface area contributed by atoms with Crippen LogP contribution in [-0.4, -0.2) is 25.1 Å². The van der Waals surface area contributed by atoms with Crippen LogP contribution in [0.4, 0.5) is 10.1 Å². The number of carbonyl (C=O) groups excluding carboxylic acids is 1. The van der Waals surface area contributed by atoms with Gasteiger partial charge in [-0.25, -0.2) is 12.8 Å². The Balaban J connectivity index is 1.60. The van der Waals surface area contributed by atoms with Crippen molar-refractivity contribution in [3.8, 4) is 11.3 Å². The van der Waals surface area contributed by atoms with Gasteiger partial charge in [-0.15, -0.1) is 0 Å². The summed E-state index contributed by atoms with van der Waals surface area (Å²) in [5.41, 5.74) is 3.85. The standard InChI is InChI=1S/C25H23FN2O3S/c1-2-32(30,31)23-10-6-5-9-22(23)27-24(29)16-15-20-19-7-3-4-8-21(19)28-25(20)17-11-13-18(26)14-12-17/h3-14,28H,2,15-16H2,1H3,(H,27,29). The number of hydrogen-bond donors (Lipinski definition) is 2. The summed E-state index contributed by atoms with van der Waals surface area (Å²) >= 11 is 0. The highest BCUT2D eigenvalue weighted by atomic mass is 32.2. The van der Waals surface area contributed by atoms with E-state index in [2.05, 4.69) is 10.3 Å². The molecule has 4 aromatic rings. The summed E-state index contributed by atoms with van der Waals surface area (Å²) in [6.45, 7) is 1.57. The molecular formula is C25H23FN2O3S. The zero-order valence-corrected chi connectivity index (χ0v) is 18.4. The molecule has 1 amide bonds. The van der Waals surface area contributed by atoms with Gasteiger partial charge in [0.05, 0.1) is 16.3 Å². The van der Waals surface area contributed by atoms with Crippen LogP contribution in [0.3, 0.4) is 0 Å². The van der Waals surface area contributed by atoms with E-state index in [0.717, 1.165) is 27.7 Å². The molecule has 0 aliphatic rings. The van der Waals surface area contributed by atoms with Crippen LogP contribution in [0.15, 0.2) is 77.7 Å². The largest absolute Gasteiger partial charge is 0.354 e. The molecule has 1 heterocycles. The van der Waals surface area contributed by atoms with Crippen molar-refractivity contribution in [3.05, 3.63) is 84.2 Å². The van der Waals surface area contributed by atoms with Crippen molar-refractivity contribution in [1.82, 2.24) is 4.98 Å². The van der Waals surface area contributed by atoms with E-state index in [9.17, 15) is 17.6 Å². The fourth-order valence-electron chi connectivity index (χ4n) is 3.77. The molecule has 1 aromatic heterocycles. The van der Waals surface area contributed by atoms with Gasteiger partial charge < -0.3 is 10.3 Å². The first kappa shape index (κ1) is 21.8. The molecule has 0 fully saturated rings. The summed E-state index contributed by atoms with van der Waals surface area (Å²) in [6, 6.07) is 20.4. The summed E-state index contributed by atoms with van der Waals surface area (Å²) in [5, 5.41) is 3.74. The normalized spacial score (nSPS) is 11.6. The van der Waals surface area contributed by atoms with Crippen molar-refractivity contribution in [1.29, 1.82) is 0 Å². The van der Waals surface area contributed by atoms with E-state index < -0.39 is 9.84 Å². The van der Waals surface area contributed by atoms with Crippen LogP contribution in [0, 0.1) is 5.82 Å². The van der Waals surface area contributed by atoms with Crippen LogP contribution in [0.1, 0.15) is 18.9 Å². The number of benzene rings is 3. The molecule has 3 aromatic carbocycles. The zero-order chi connectivity index (χ0) is 22.7. The topological polar surface area (TPSA) is 79.0 Å². The fourth-order valence-corrected chi connectivity index (χ4v) is 4.82. The maximum Gasteiger partial charge on any atom is 0.224 e. The molecule has 0 aliphatic carbocycles. The number of aryl methyl sites for hydroxylation is 1. The van der Waals surface area contributed by atoms with Crippen LogP contribution in [0.5, 0.6) is 0 Å². The van der Waals surface area contributed by atoms with Crippen LogP contribution < -0.4 is 5.32 Å². The van der Waals surface area contributed by atoms with E-state index >= 15 is 0 Å². The van der Waals surface area contributed by atoms with Gasteiger partial charge in [0.25, 0.3) is 0 Å². The van der Waals surface area contributed by atoms with Gasteiger partial charge in [0.15, 0.2) is 9.84 Å². The number of aromatic nitrogens is 1. The number of amides is 1. The van der Waals surface area contributed by atoms with Gasteiger partial charge >= 0.3 is 0 Å². The van der Waals surface area contributed by atoms with Crippen LogP contribution in [-0.2, 0) is 21.1 Å². The van der Waals surface area contributed by atoms with E-state index in [1.165, 1.54) is 18.2 Å². The number of fused-ring (bicyclic) bond motifs is 1. The van der Waals surface area contributed by atoms with E-state index in [1.54, 1.807) is 37.3 Å². The summed E-state index contributed by atoms with van der Waals surface area (Å²) in [4.78, 5) is 16.2. The summed E-state index contributed by atoms with van der Waals surface area (Å²) in [5.74, 6) is -0.637. The number of nitrogens with one attached hydrogen (secondary N) is 2. The van der Waals surface area contributed by atoms with Crippen molar-refractivity contribution in [2.45, 2.75) is 24.7 Å². The number of sulfone groups is 1. The number of rotatable bonds is 7. The number of carbonyl (C=O) groups is 1. The van der Waals surface area contributed by atoms with Crippen LogP contribution >= 0.6 is 0 Å². The Kier molecular flexibility index (Phi) is 6.10. The lowest BCUT2D eigenvalue weighted by atomic mass is 10.0. The zero-order valence-electron chi connectivity index (χ0n) is 17.6. The summed E-state index contributed by atoms with van der Waals surface area (Å²) in [6.07, 6.45) is 0.599. The molecule has 32 heavy (non-hydrogen) atoms. The second-order valence-electron chi connectivity index (χ2n) is 7.48.